The minimum atomic E-state index is -0.337. The summed E-state index contributed by atoms with van der Waals surface area (Å²) in [7, 11) is 0. The van der Waals surface area contributed by atoms with Gasteiger partial charge in [0, 0.05) is 44.8 Å². The van der Waals surface area contributed by atoms with E-state index in [1.165, 1.54) is 166 Å². The standard InChI is InChI=1S/C86H58N2/c1-9-25-73-61(17-1)62-18-2-10-26-74(62)85(73)77-29-13-5-21-65(77)67-45-37-55(49-79(67)85)57-39-47-71-69-23-7-15-31-81(69)87(83(71)51-57)59-41-33-53(34-42-59)54-35-43-60(44-36-54)88-82-32-16-8-24-70(82)72-48-40-58(52-84(72)88)56-38-46-68-66-22-6-14-30-78(66)86(80(68)50-56)75-27-11-3-19-63(75)64-20-4-12-28-76(64)86/h1-3,5-11,13-17,19-35,37-52,54,62H,4,12,18,36H2. The Hall–Kier alpha value is -10.5. The summed E-state index contributed by atoms with van der Waals surface area (Å²) in [6.07, 6.45) is 23.5. The van der Waals surface area contributed by atoms with Crippen LogP contribution in [0.5, 0.6) is 0 Å². The zero-order valence-corrected chi connectivity index (χ0v) is 48.6. The number of hydrogen-bond acceptors (Lipinski definition) is 0. The first-order valence-electron chi connectivity index (χ1n) is 31.7. The molecule has 0 N–H and O–H groups in total. The van der Waals surface area contributed by atoms with Crippen molar-refractivity contribution in [1.29, 1.82) is 0 Å². The predicted octanol–water partition coefficient (Wildman–Crippen LogP) is 21.5. The maximum absolute atomic E-state index is 2.55. The second-order valence-corrected chi connectivity index (χ2v) is 25.5. The van der Waals surface area contributed by atoms with Crippen LogP contribution in [0.2, 0.25) is 0 Å². The highest BCUT2D eigenvalue weighted by atomic mass is 15.0. The van der Waals surface area contributed by atoms with Crippen molar-refractivity contribution in [3.8, 4) is 50.2 Å². The van der Waals surface area contributed by atoms with Crippen LogP contribution >= 0.6 is 0 Å². The third-order valence-corrected chi connectivity index (χ3v) is 21.5. The first-order chi connectivity index (χ1) is 43.6. The van der Waals surface area contributed by atoms with E-state index in [-0.39, 0.29) is 16.7 Å². The minimum Gasteiger partial charge on any atom is -0.310 e. The van der Waals surface area contributed by atoms with Crippen LogP contribution in [0.25, 0.3) is 105 Å². The van der Waals surface area contributed by atoms with Gasteiger partial charge in [0.15, 0.2) is 0 Å². The Balaban J connectivity index is 0.642. The molecule has 2 heteroatoms. The molecule has 2 heterocycles. The number of fused-ring (bicyclic) bond motifs is 26. The molecule has 4 unspecified atom stereocenters. The van der Waals surface area contributed by atoms with Crippen molar-refractivity contribution in [2.45, 2.75) is 48.3 Å². The quantitative estimate of drug-likeness (QED) is 0.163. The van der Waals surface area contributed by atoms with E-state index >= 15 is 0 Å². The lowest BCUT2D eigenvalue weighted by Gasteiger charge is -2.33. The molecule has 0 saturated heterocycles. The van der Waals surface area contributed by atoms with Gasteiger partial charge in [-0.1, -0.05) is 237 Å². The number of hydrogen-bond donors (Lipinski definition) is 0. The van der Waals surface area contributed by atoms with Crippen LogP contribution in [0, 0.1) is 0 Å². The molecule has 0 bridgehead atoms. The van der Waals surface area contributed by atoms with Gasteiger partial charge in [0.05, 0.1) is 32.9 Å². The van der Waals surface area contributed by atoms with E-state index in [4.69, 9.17) is 0 Å². The fourth-order valence-electron chi connectivity index (χ4n) is 17.9. The molecule has 88 heavy (non-hydrogen) atoms. The van der Waals surface area contributed by atoms with Crippen LogP contribution < -0.4 is 0 Å². The summed E-state index contributed by atoms with van der Waals surface area (Å²) in [4.78, 5) is 0. The zero-order chi connectivity index (χ0) is 57.4. The maximum atomic E-state index is 2.55. The Bertz CT molecular complexity index is 5460. The van der Waals surface area contributed by atoms with E-state index in [9.17, 15) is 0 Å². The number of aromatic nitrogens is 2. The lowest BCUT2D eigenvalue weighted by Crippen LogP contribution is -2.27. The highest BCUT2D eigenvalue weighted by Crippen LogP contribution is 2.67. The Morgan fingerprint density at radius 2 is 0.898 bits per heavy atom. The highest BCUT2D eigenvalue weighted by molar-refractivity contribution is 6.13. The van der Waals surface area contributed by atoms with E-state index in [0.717, 1.165) is 25.7 Å². The first-order valence-corrected chi connectivity index (χ1v) is 31.7. The Morgan fingerprint density at radius 3 is 1.58 bits per heavy atom. The van der Waals surface area contributed by atoms with Crippen LogP contribution in [0.4, 0.5) is 0 Å². The maximum Gasteiger partial charge on any atom is 0.0722 e. The average molecular weight is 1120 g/mol. The van der Waals surface area contributed by atoms with Crippen molar-refractivity contribution in [2.24, 2.45) is 0 Å². The van der Waals surface area contributed by atoms with Gasteiger partial charge in [-0.15, -0.1) is 0 Å². The second kappa shape index (κ2) is 18.0. The SMILES string of the molecule is C1=CCC2C(=C1)C1(c3ccccc3-c3ccc(-c4ccc5c6ccccc6n(-c6ccc(C7C=CC(n8c9ccccc9c9ccc(-c%10ccc%11c(c%10)C%10(C%12=CCCC=C%12c%12ccccc%12%10)c%10ccccc%10-%11)cc98)=CC7)cc6)c5c4)cc31)c1ccccc12. The summed E-state index contributed by atoms with van der Waals surface area (Å²) < 4.78 is 5.00. The Labute approximate surface area is 512 Å². The van der Waals surface area contributed by atoms with E-state index < -0.39 is 0 Å². The summed E-state index contributed by atoms with van der Waals surface area (Å²) in [6, 6.07) is 93.0. The van der Waals surface area contributed by atoms with Crippen molar-refractivity contribution >= 4 is 54.9 Å². The summed E-state index contributed by atoms with van der Waals surface area (Å²) >= 11 is 0. The molecule has 0 aliphatic heterocycles. The molecular weight excluding hydrogens is 1060 g/mol. The fourth-order valence-corrected chi connectivity index (χ4v) is 17.9. The molecule has 2 aromatic heterocycles. The van der Waals surface area contributed by atoms with Crippen LogP contribution in [0.3, 0.4) is 0 Å². The van der Waals surface area contributed by atoms with Crippen molar-refractivity contribution in [3.05, 3.63) is 352 Å². The van der Waals surface area contributed by atoms with Gasteiger partial charge >= 0.3 is 0 Å². The van der Waals surface area contributed by atoms with Crippen LogP contribution in [0.1, 0.15) is 87.6 Å². The smallest absolute Gasteiger partial charge is 0.0722 e. The molecule has 0 saturated carbocycles. The molecule has 2 nitrogen and oxygen atoms in total. The molecule has 4 atom stereocenters. The molecule has 412 valence electrons. The Kier molecular flexibility index (Phi) is 9.96. The van der Waals surface area contributed by atoms with Gasteiger partial charge < -0.3 is 9.13 Å². The van der Waals surface area contributed by atoms with Crippen LogP contribution in [-0.2, 0) is 10.8 Å². The van der Waals surface area contributed by atoms with Crippen molar-refractivity contribution in [1.82, 2.24) is 9.13 Å². The molecule has 0 amide bonds. The van der Waals surface area contributed by atoms with Gasteiger partial charge in [0.2, 0.25) is 0 Å². The molecule has 2 spiro atoms. The van der Waals surface area contributed by atoms with E-state index in [1.54, 1.807) is 0 Å². The number of nitrogens with zero attached hydrogens (tertiary/aromatic N) is 2. The molecule has 0 radical (unpaired) electrons. The first kappa shape index (κ1) is 48.7. The number of benzene rings is 11. The molecule has 11 aromatic carbocycles. The molecule has 7 aliphatic carbocycles. The zero-order valence-electron chi connectivity index (χ0n) is 48.6. The predicted molar refractivity (Wildman–Crippen MR) is 365 cm³/mol. The van der Waals surface area contributed by atoms with E-state index in [1.807, 2.05) is 0 Å². The van der Waals surface area contributed by atoms with Gasteiger partial charge in [-0.3, -0.25) is 0 Å². The number of rotatable bonds is 5. The summed E-state index contributed by atoms with van der Waals surface area (Å²) in [5.41, 5.74) is 34.0. The number of allylic oxidation sites excluding steroid dienone is 12. The van der Waals surface area contributed by atoms with Crippen molar-refractivity contribution in [3.63, 3.8) is 0 Å². The largest absolute Gasteiger partial charge is 0.310 e. The summed E-state index contributed by atoms with van der Waals surface area (Å²) in [6.45, 7) is 0. The lowest BCUT2D eigenvalue weighted by molar-refractivity contribution is 0.708. The number of para-hydroxylation sites is 2. The highest BCUT2D eigenvalue weighted by Gasteiger charge is 2.56. The van der Waals surface area contributed by atoms with Crippen molar-refractivity contribution in [2.75, 3.05) is 0 Å². The average Bonchev–Trinajstić information content (AvgIpc) is 1.60. The molecule has 20 rings (SSSR count). The topological polar surface area (TPSA) is 9.86 Å². The minimum absolute atomic E-state index is 0.251. The van der Waals surface area contributed by atoms with Crippen molar-refractivity contribution < 1.29 is 0 Å². The second-order valence-electron chi connectivity index (χ2n) is 25.5. The fraction of sp³-hybridized carbons (Fsp3) is 0.0930. The lowest BCUT2D eigenvalue weighted by atomic mass is 9.68. The van der Waals surface area contributed by atoms with Gasteiger partial charge in [-0.05, 0) is 192 Å². The third-order valence-electron chi connectivity index (χ3n) is 21.5. The summed E-state index contributed by atoms with van der Waals surface area (Å²) in [5.74, 6) is 0.626. The van der Waals surface area contributed by atoms with Gasteiger partial charge in [-0.25, -0.2) is 0 Å². The van der Waals surface area contributed by atoms with Crippen LogP contribution in [-0.4, -0.2) is 9.13 Å². The molecular formula is C86H58N2. The van der Waals surface area contributed by atoms with Gasteiger partial charge in [0.25, 0.3) is 0 Å². The normalized spacial score (nSPS) is 20.4. The van der Waals surface area contributed by atoms with Crippen LogP contribution in [0.15, 0.2) is 302 Å². The monoisotopic (exact) mass is 1120 g/mol. The molecule has 7 aliphatic rings. The van der Waals surface area contributed by atoms with E-state index in [0.29, 0.717) is 5.92 Å². The molecule has 13 aromatic rings. The van der Waals surface area contributed by atoms with Gasteiger partial charge in [0.1, 0.15) is 0 Å². The summed E-state index contributed by atoms with van der Waals surface area (Å²) in [5, 5.41) is 5.08. The van der Waals surface area contributed by atoms with Gasteiger partial charge in [-0.2, -0.15) is 0 Å². The van der Waals surface area contributed by atoms with E-state index in [2.05, 4.69) is 300 Å². The molecule has 0 fully saturated rings. The third kappa shape index (κ3) is 6.31. The Morgan fingerprint density at radius 1 is 0.375 bits per heavy atom.